The molecule has 2 N–H and O–H groups in total. The SMILES string of the molecule is CC(C)C(N)CCCOS(=O)[O-]. The summed E-state index contributed by atoms with van der Waals surface area (Å²) in [4.78, 5) is 0. The zero-order valence-corrected chi connectivity index (χ0v) is 8.30. The maximum Gasteiger partial charge on any atom is 0.0842 e. The highest BCUT2D eigenvalue weighted by molar-refractivity contribution is 7.74. The number of rotatable bonds is 6. The Morgan fingerprint density at radius 2 is 2.17 bits per heavy atom. The highest BCUT2D eigenvalue weighted by Crippen LogP contribution is 2.05. The second-order valence-electron chi connectivity index (χ2n) is 3.08. The third-order valence-corrected chi connectivity index (χ3v) is 2.08. The van der Waals surface area contributed by atoms with E-state index in [1.807, 2.05) is 13.8 Å². The van der Waals surface area contributed by atoms with E-state index < -0.39 is 11.4 Å². The molecule has 2 unspecified atom stereocenters. The van der Waals surface area contributed by atoms with E-state index in [1.165, 1.54) is 0 Å². The quantitative estimate of drug-likeness (QED) is 0.495. The minimum absolute atomic E-state index is 0.133. The first-order valence-corrected chi connectivity index (χ1v) is 5.02. The largest absolute Gasteiger partial charge is 0.750 e. The van der Waals surface area contributed by atoms with Gasteiger partial charge in [0.15, 0.2) is 0 Å². The maximum atomic E-state index is 9.92. The molecule has 0 spiro atoms. The molecular weight excluding hydrogens is 178 g/mol. The van der Waals surface area contributed by atoms with Gasteiger partial charge in [-0.05, 0) is 18.8 Å². The fourth-order valence-electron chi connectivity index (χ4n) is 0.779. The van der Waals surface area contributed by atoms with E-state index in [4.69, 9.17) is 5.73 Å². The molecule has 0 amide bonds. The van der Waals surface area contributed by atoms with Crippen LogP contribution in [0.3, 0.4) is 0 Å². The Morgan fingerprint density at radius 1 is 1.58 bits per heavy atom. The van der Waals surface area contributed by atoms with E-state index in [-0.39, 0.29) is 12.6 Å². The Labute approximate surface area is 76.0 Å². The van der Waals surface area contributed by atoms with Crippen molar-refractivity contribution in [3.8, 4) is 0 Å². The van der Waals surface area contributed by atoms with Crippen molar-refractivity contribution in [1.29, 1.82) is 0 Å². The molecule has 0 aromatic carbocycles. The Bertz CT molecular complexity index is 141. The van der Waals surface area contributed by atoms with Crippen molar-refractivity contribution in [2.45, 2.75) is 32.7 Å². The smallest absolute Gasteiger partial charge is 0.0842 e. The maximum absolute atomic E-state index is 9.92. The van der Waals surface area contributed by atoms with Gasteiger partial charge in [-0.15, -0.1) is 0 Å². The second kappa shape index (κ2) is 6.54. The van der Waals surface area contributed by atoms with Crippen LogP contribution in [0.4, 0.5) is 0 Å². The molecule has 0 rings (SSSR count). The van der Waals surface area contributed by atoms with Crippen LogP contribution in [0.1, 0.15) is 26.7 Å². The van der Waals surface area contributed by atoms with Gasteiger partial charge < -0.3 is 14.5 Å². The molecular formula is C7H16NO3S-. The average molecular weight is 194 g/mol. The van der Waals surface area contributed by atoms with Crippen LogP contribution in [-0.2, 0) is 15.5 Å². The topological polar surface area (TPSA) is 75.4 Å². The van der Waals surface area contributed by atoms with Crippen LogP contribution in [0.5, 0.6) is 0 Å². The molecule has 0 saturated carbocycles. The van der Waals surface area contributed by atoms with Crippen molar-refractivity contribution in [3.63, 3.8) is 0 Å². The van der Waals surface area contributed by atoms with Crippen molar-refractivity contribution in [2.24, 2.45) is 11.7 Å². The standard InChI is InChI=1S/C7H17NO3S/c1-6(2)7(8)4-3-5-11-12(9)10/h6-7H,3-5,8H2,1-2H3,(H,9,10)/p-1. The van der Waals surface area contributed by atoms with E-state index in [2.05, 4.69) is 4.18 Å². The van der Waals surface area contributed by atoms with Crippen LogP contribution in [0, 0.1) is 5.92 Å². The Kier molecular flexibility index (Phi) is 6.55. The highest BCUT2D eigenvalue weighted by Gasteiger charge is 2.06. The van der Waals surface area contributed by atoms with Crippen molar-refractivity contribution in [1.82, 2.24) is 0 Å². The molecule has 4 nitrogen and oxygen atoms in total. The predicted octanol–water partition coefficient (Wildman–Crippen LogP) is 0.561. The molecule has 0 aliphatic carbocycles. The van der Waals surface area contributed by atoms with Gasteiger partial charge in [0, 0.05) is 6.04 Å². The minimum atomic E-state index is -2.38. The Morgan fingerprint density at radius 3 is 2.58 bits per heavy atom. The van der Waals surface area contributed by atoms with Crippen LogP contribution in [-0.4, -0.2) is 21.4 Å². The Hall–Kier alpha value is 0.0300. The van der Waals surface area contributed by atoms with E-state index in [0.29, 0.717) is 12.3 Å². The minimum Gasteiger partial charge on any atom is -0.750 e. The van der Waals surface area contributed by atoms with Crippen LogP contribution in [0.2, 0.25) is 0 Å². The summed E-state index contributed by atoms with van der Waals surface area (Å²) in [5.74, 6) is 0.433. The first-order valence-electron chi connectivity index (χ1n) is 4.02. The normalized spacial score (nSPS) is 16.4. The zero-order valence-electron chi connectivity index (χ0n) is 7.49. The molecule has 0 bridgehead atoms. The van der Waals surface area contributed by atoms with Gasteiger partial charge in [0.1, 0.15) is 0 Å². The summed E-state index contributed by atoms with van der Waals surface area (Å²) in [5, 5.41) is 0. The lowest BCUT2D eigenvalue weighted by atomic mass is 10.0. The number of hydrogen-bond donors (Lipinski definition) is 1. The molecule has 0 radical (unpaired) electrons. The molecule has 5 heteroatoms. The summed E-state index contributed by atoms with van der Waals surface area (Å²) in [7, 11) is 0. The monoisotopic (exact) mass is 194 g/mol. The van der Waals surface area contributed by atoms with E-state index in [1.54, 1.807) is 0 Å². The summed E-state index contributed by atoms with van der Waals surface area (Å²) in [6.07, 6.45) is 1.49. The molecule has 0 aromatic heterocycles. The van der Waals surface area contributed by atoms with Gasteiger partial charge in [-0.2, -0.15) is 0 Å². The molecule has 0 aliphatic heterocycles. The fourth-order valence-corrected chi connectivity index (χ4v) is 1.03. The lowest BCUT2D eigenvalue weighted by molar-refractivity contribution is 0.283. The molecule has 12 heavy (non-hydrogen) atoms. The summed E-state index contributed by atoms with van der Waals surface area (Å²) >= 11 is -2.38. The van der Waals surface area contributed by atoms with Crippen LogP contribution in [0.25, 0.3) is 0 Å². The third kappa shape index (κ3) is 6.72. The molecule has 0 aromatic rings. The highest BCUT2D eigenvalue weighted by atomic mass is 32.2. The molecule has 0 saturated heterocycles. The Balaban J connectivity index is 3.25. The van der Waals surface area contributed by atoms with Gasteiger partial charge in [0.25, 0.3) is 0 Å². The van der Waals surface area contributed by atoms with E-state index >= 15 is 0 Å². The molecule has 0 fully saturated rings. The van der Waals surface area contributed by atoms with Crippen LogP contribution >= 0.6 is 0 Å². The van der Waals surface area contributed by atoms with Gasteiger partial charge in [0.2, 0.25) is 0 Å². The number of nitrogens with two attached hydrogens (primary N) is 1. The third-order valence-electron chi connectivity index (χ3n) is 1.72. The summed E-state index contributed by atoms with van der Waals surface area (Å²) < 4.78 is 24.2. The van der Waals surface area contributed by atoms with Gasteiger partial charge in [-0.1, -0.05) is 13.8 Å². The summed E-state index contributed by atoms with van der Waals surface area (Å²) in [6.45, 7) is 4.31. The van der Waals surface area contributed by atoms with Gasteiger partial charge in [-0.25, -0.2) is 4.21 Å². The molecule has 74 valence electrons. The molecule has 0 aliphatic rings. The van der Waals surface area contributed by atoms with E-state index in [9.17, 15) is 8.76 Å². The van der Waals surface area contributed by atoms with Crippen LogP contribution < -0.4 is 5.73 Å². The van der Waals surface area contributed by atoms with Crippen molar-refractivity contribution < 1.29 is 12.9 Å². The van der Waals surface area contributed by atoms with Gasteiger partial charge >= 0.3 is 0 Å². The summed E-state index contributed by atoms with van der Waals surface area (Å²) in [6, 6.07) is 0.133. The zero-order chi connectivity index (χ0) is 9.56. The number of hydrogen-bond acceptors (Lipinski definition) is 4. The van der Waals surface area contributed by atoms with E-state index in [0.717, 1.165) is 6.42 Å². The fraction of sp³-hybridized carbons (Fsp3) is 1.00. The molecule has 0 heterocycles. The summed E-state index contributed by atoms with van der Waals surface area (Å²) in [5.41, 5.74) is 5.72. The average Bonchev–Trinajstić information content (AvgIpc) is 1.97. The second-order valence-corrected chi connectivity index (χ2v) is 3.72. The van der Waals surface area contributed by atoms with Crippen LogP contribution in [0.15, 0.2) is 0 Å². The van der Waals surface area contributed by atoms with Gasteiger partial charge in [0.05, 0.1) is 18.0 Å². The first-order chi connectivity index (χ1) is 5.54. The first kappa shape index (κ1) is 12.0. The van der Waals surface area contributed by atoms with Crippen molar-refractivity contribution in [2.75, 3.05) is 6.61 Å². The molecule has 2 atom stereocenters. The van der Waals surface area contributed by atoms with Crippen molar-refractivity contribution >= 4 is 11.4 Å². The lowest BCUT2D eigenvalue weighted by Crippen LogP contribution is -2.26. The van der Waals surface area contributed by atoms with Crippen molar-refractivity contribution in [3.05, 3.63) is 0 Å². The predicted molar refractivity (Wildman–Crippen MR) is 46.9 cm³/mol. The lowest BCUT2D eigenvalue weighted by Gasteiger charge is -2.15. The van der Waals surface area contributed by atoms with Gasteiger partial charge in [-0.3, -0.25) is 0 Å².